The molecule has 0 amide bonds. The smallest absolute Gasteiger partial charge is 0.310 e. The summed E-state index contributed by atoms with van der Waals surface area (Å²) in [6.07, 6.45) is -41.2. The largest absolute Gasteiger partial charge is 0.481 e. The zero-order chi connectivity index (χ0) is 68.4. The quantitative estimate of drug-likeness (QED) is 0.0526. The van der Waals surface area contributed by atoms with Crippen molar-refractivity contribution in [3.8, 4) is 0 Å². The third-order valence-corrected chi connectivity index (χ3v) is 25.0. The Balaban J connectivity index is 0.805. The van der Waals surface area contributed by atoms with Gasteiger partial charge in [-0.05, 0) is 117 Å². The van der Waals surface area contributed by atoms with Crippen molar-refractivity contribution in [1.82, 2.24) is 0 Å². The predicted octanol–water partition coefficient (Wildman–Crippen LogP) is -3.52. The summed E-state index contributed by atoms with van der Waals surface area (Å²) in [5, 5.41) is 189. The van der Waals surface area contributed by atoms with E-state index in [4.69, 9.17) is 56.8 Å². The number of allylic oxidation sites excluding steroid dienone is 2. The molecular weight excluding hydrogens is 1250 g/mol. The molecule has 11 rings (SSSR count). The molecular formula is C64H104O30. The third-order valence-electron chi connectivity index (χ3n) is 25.0. The Morgan fingerprint density at radius 1 is 0.489 bits per heavy atom. The van der Waals surface area contributed by atoms with E-state index in [0.29, 0.717) is 25.7 Å². The van der Waals surface area contributed by atoms with Gasteiger partial charge in [0.2, 0.25) is 0 Å². The molecule has 30 nitrogen and oxygen atoms in total. The minimum absolute atomic E-state index is 0.00249. The number of carbonyl (C=O) groups is 1. The van der Waals surface area contributed by atoms with Gasteiger partial charge in [-0.15, -0.1) is 0 Å². The van der Waals surface area contributed by atoms with E-state index in [1.165, 1.54) is 19.4 Å². The van der Waals surface area contributed by atoms with Crippen LogP contribution in [0.4, 0.5) is 0 Å². The van der Waals surface area contributed by atoms with E-state index >= 15 is 0 Å². The summed E-state index contributed by atoms with van der Waals surface area (Å²) in [6.45, 7) is 13.1. The van der Waals surface area contributed by atoms with E-state index in [1.54, 1.807) is 0 Å². The maximum absolute atomic E-state index is 13.3. The first-order chi connectivity index (χ1) is 44.1. The zero-order valence-electron chi connectivity index (χ0n) is 54.6. The van der Waals surface area contributed by atoms with Crippen molar-refractivity contribution in [1.29, 1.82) is 0 Å². The standard InChI is InChI=1S/C64H104O30/c1-25-36(70)40(74)43(77)53(85-25)93-50-46(80)56(88-32(21-66)48(50)91-54-44(78)41(75)47(31(20-65)87-54)90-52-42(76)38(72)29(68)22-83-52)92-49-37(71)26(2)86-55(45(49)79)94-51-39(73)30(69)23-84-57(51)89-35-12-13-60(5)33(61(35,6)24-67)11-14-63(8)34(60)10-9-27-28-19-59(3,4)15-17-64(28,58(81)82)18-16-62(27,63)7/h9,25-26,28-57,65-80H,10-24H2,1-8H3,(H,81,82)/t25-,26-,28-,29+,30-,31+,32+,33-,34+,35-,36-,37-,38-,39-,40+,41+,42+,43+,44+,45+,46+,47+,48+,49+,50+,51+,52-,53-,54-,55-,56-,57-,60-,61-,62+,63+,64-/m0/s1. The predicted molar refractivity (Wildman–Crippen MR) is 315 cm³/mol. The van der Waals surface area contributed by atoms with Gasteiger partial charge in [0.1, 0.15) is 122 Å². The first-order valence-electron chi connectivity index (χ1n) is 33.5. The van der Waals surface area contributed by atoms with Gasteiger partial charge in [0.15, 0.2) is 37.7 Å². The SMILES string of the molecule is C[C@@H]1O[C@@H](O[C@@H]2[C@@H](O)[C@H](O[C@@H]3[C@@H](O)[C@H](C)O[C@@H](O[C@H]4[C@H](O[C@H]5CC[C@@]6(C)[C@H](CC[C@]7(C)[C@@H]6CC=C6[C@@H]8CC(C)(C)CC[C@]8(C(=O)O)CC[C@]67C)[C@]5(C)CO)OC[C@H](O)[C@@H]4O)[C@@H]3O)O[C@H](CO)[C@H]2O[C@@H]2O[C@H](CO)[C@@H](O[C@@H]3OC[C@@H](O)[C@H](O)[C@H]3O)[C@H](O)[C@H]2O)[C@H](O)[C@H](O)[C@H]1O. The average Bonchev–Trinajstić information content (AvgIpc) is 0.676. The van der Waals surface area contributed by atoms with Gasteiger partial charge < -0.3 is 144 Å². The molecule has 0 bridgehead atoms. The van der Waals surface area contributed by atoms with Crippen LogP contribution in [0, 0.1) is 50.2 Å². The van der Waals surface area contributed by atoms with Gasteiger partial charge in [0.05, 0.1) is 56.8 Å². The fourth-order valence-electron chi connectivity index (χ4n) is 18.9. The molecule has 30 heteroatoms. The number of aliphatic hydroxyl groups is 16. The molecule has 0 unspecified atom stereocenters. The Hall–Kier alpha value is -1.91. The van der Waals surface area contributed by atoms with Crippen LogP contribution in [0.1, 0.15) is 120 Å². The van der Waals surface area contributed by atoms with Gasteiger partial charge in [-0.1, -0.05) is 53.2 Å². The van der Waals surface area contributed by atoms with Crippen molar-refractivity contribution >= 4 is 5.97 Å². The molecule has 0 spiro atoms. The van der Waals surface area contributed by atoms with Crippen molar-refractivity contribution in [2.24, 2.45) is 50.2 Å². The van der Waals surface area contributed by atoms with Gasteiger partial charge in [0.25, 0.3) is 0 Å². The molecule has 6 heterocycles. The van der Waals surface area contributed by atoms with E-state index in [0.717, 1.165) is 38.5 Å². The first-order valence-corrected chi connectivity index (χ1v) is 33.5. The highest BCUT2D eigenvalue weighted by Gasteiger charge is 2.71. The number of aliphatic hydroxyl groups excluding tert-OH is 16. The van der Waals surface area contributed by atoms with Crippen molar-refractivity contribution < 1.29 is 148 Å². The van der Waals surface area contributed by atoms with E-state index in [2.05, 4.69) is 40.7 Å². The number of hydrogen-bond acceptors (Lipinski definition) is 29. The molecule has 10 fully saturated rings. The number of aliphatic carboxylic acids is 1. The van der Waals surface area contributed by atoms with E-state index in [-0.39, 0.29) is 46.0 Å². The molecule has 6 saturated heterocycles. The van der Waals surface area contributed by atoms with Crippen molar-refractivity contribution in [3.63, 3.8) is 0 Å². The summed E-state index contributed by atoms with van der Waals surface area (Å²) in [4.78, 5) is 13.3. The number of fused-ring (bicyclic) bond motifs is 7. The van der Waals surface area contributed by atoms with Crippen LogP contribution in [0.3, 0.4) is 0 Å². The lowest BCUT2D eigenvalue weighted by Gasteiger charge is -2.71. The molecule has 94 heavy (non-hydrogen) atoms. The van der Waals surface area contributed by atoms with Crippen LogP contribution in [-0.2, 0) is 61.6 Å². The van der Waals surface area contributed by atoms with Crippen molar-refractivity contribution in [2.75, 3.05) is 33.0 Å². The van der Waals surface area contributed by atoms with Gasteiger partial charge in [0, 0.05) is 5.41 Å². The summed E-state index contributed by atoms with van der Waals surface area (Å²) in [5.41, 5.74) is -1.15. The van der Waals surface area contributed by atoms with E-state index < -0.39 is 221 Å². The highest BCUT2D eigenvalue weighted by molar-refractivity contribution is 5.76. The third kappa shape index (κ3) is 12.4. The van der Waals surface area contributed by atoms with Crippen molar-refractivity contribution in [3.05, 3.63) is 11.6 Å². The maximum Gasteiger partial charge on any atom is 0.310 e. The Morgan fingerprint density at radius 2 is 1.01 bits per heavy atom. The number of hydrogen-bond donors (Lipinski definition) is 17. The summed E-state index contributed by atoms with van der Waals surface area (Å²) in [7, 11) is 0. The van der Waals surface area contributed by atoms with Crippen molar-refractivity contribution in [2.45, 2.75) is 298 Å². The van der Waals surface area contributed by atoms with E-state index in [1.807, 2.05) is 6.92 Å². The number of carboxylic acid groups (broad SMARTS) is 1. The summed E-state index contributed by atoms with van der Waals surface area (Å²) < 4.78 is 72.4. The van der Waals surface area contributed by atoms with Crippen LogP contribution in [0.25, 0.3) is 0 Å². The summed E-state index contributed by atoms with van der Waals surface area (Å²) in [6, 6.07) is 0. The molecule has 6 aliphatic heterocycles. The van der Waals surface area contributed by atoms with Crippen LogP contribution in [0.5, 0.6) is 0 Å². The second-order valence-electron chi connectivity index (χ2n) is 30.8. The second-order valence-corrected chi connectivity index (χ2v) is 30.8. The van der Waals surface area contributed by atoms with Gasteiger partial charge in [-0.2, -0.15) is 0 Å². The number of carboxylic acids is 1. The monoisotopic (exact) mass is 1350 g/mol. The van der Waals surface area contributed by atoms with Gasteiger partial charge in [-0.3, -0.25) is 4.79 Å². The maximum atomic E-state index is 13.3. The number of rotatable bonds is 16. The lowest BCUT2D eigenvalue weighted by molar-refractivity contribution is -0.406. The minimum Gasteiger partial charge on any atom is -0.481 e. The highest BCUT2D eigenvalue weighted by atomic mass is 16.8. The molecule has 37 atom stereocenters. The molecule has 0 aromatic heterocycles. The van der Waals surface area contributed by atoms with Crippen LogP contribution in [-0.4, -0.2) is 304 Å². The summed E-state index contributed by atoms with van der Waals surface area (Å²) >= 11 is 0. The minimum atomic E-state index is -2.20. The molecule has 540 valence electrons. The van der Waals surface area contributed by atoms with Crippen LogP contribution in [0.15, 0.2) is 11.6 Å². The number of ether oxygens (including phenoxy) is 12. The molecule has 0 aromatic rings. The second kappa shape index (κ2) is 27.5. The fraction of sp³-hybridized carbons (Fsp3) is 0.953. The molecule has 0 aromatic carbocycles. The molecule has 5 aliphatic carbocycles. The van der Waals surface area contributed by atoms with Crippen LogP contribution in [0.2, 0.25) is 0 Å². The Bertz CT molecular complexity index is 2640. The topological polar surface area (TPSA) is 472 Å². The Labute approximate surface area is 545 Å². The molecule has 17 N–H and O–H groups in total. The summed E-state index contributed by atoms with van der Waals surface area (Å²) in [5.74, 6) is -0.680. The van der Waals surface area contributed by atoms with Gasteiger partial charge >= 0.3 is 5.97 Å². The van der Waals surface area contributed by atoms with Crippen LogP contribution < -0.4 is 0 Å². The van der Waals surface area contributed by atoms with Gasteiger partial charge in [-0.25, -0.2) is 0 Å². The first kappa shape index (κ1) is 73.3. The van der Waals surface area contributed by atoms with Crippen LogP contribution >= 0.6 is 0 Å². The zero-order valence-corrected chi connectivity index (χ0v) is 54.6. The lowest BCUT2D eigenvalue weighted by Crippen LogP contribution is -2.69. The fourth-order valence-corrected chi connectivity index (χ4v) is 18.9. The highest BCUT2D eigenvalue weighted by Crippen LogP contribution is 2.76. The molecule has 4 saturated carbocycles. The Morgan fingerprint density at radius 3 is 1.66 bits per heavy atom. The Kier molecular flexibility index (Phi) is 21.4. The normalized spacial score (nSPS) is 55.3. The lowest BCUT2D eigenvalue weighted by atomic mass is 9.33. The molecule has 11 aliphatic rings. The average molecular weight is 1350 g/mol. The molecule has 0 radical (unpaired) electrons. The van der Waals surface area contributed by atoms with E-state index in [9.17, 15) is 91.6 Å².